The van der Waals surface area contributed by atoms with E-state index in [1.54, 1.807) is 20.8 Å². The summed E-state index contributed by atoms with van der Waals surface area (Å²) in [5.74, 6) is 3.89. The molecule has 0 fully saturated rings. The van der Waals surface area contributed by atoms with Crippen LogP contribution in [0.2, 0.25) is 0 Å². The third-order valence-electron chi connectivity index (χ3n) is 1.42. The van der Waals surface area contributed by atoms with Crippen molar-refractivity contribution >= 4 is 11.7 Å². The van der Waals surface area contributed by atoms with Crippen LogP contribution in [-0.2, 0) is 4.84 Å². The number of carbonyl (C=O) groups is 1. The maximum atomic E-state index is 10.8. The third-order valence-corrected chi connectivity index (χ3v) is 1.42. The second kappa shape index (κ2) is 9.53. The first-order valence-corrected chi connectivity index (χ1v) is 5.03. The van der Waals surface area contributed by atoms with Crippen molar-refractivity contribution in [2.45, 2.75) is 26.4 Å². The van der Waals surface area contributed by atoms with Gasteiger partial charge in [-0.2, -0.15) is 5.90 Å². The van der Waals surface area contributed by atoms with Crippen molar-refractivity contribution in [3.8, 4) is 0 Å². The summed E-state index contributed by atoms with van der Waals surface area (Å²) in [5, 5.41) is 18.7. The molecule has 0 unspecified atom stereocenters. The summed E-state index contributed by atoms with van der Waals surface area (Å²) in [6, 6.07) is 4.94. The summed E-state index contributed by atoms with van der Waals surface area (Å²) in [6.07, 6.45) is 0. The fourth-order valence-corrected chi connectivity index (χ4v) is 0.787. The van der Waals surface area contributed by atoms with Crippen molar-refractivity contribution in [1.29, 1.82) is 0 Å². The zero-order valence-electron chi connectivity index (χ0n) is 12.4. The Morgan fingerprint density at radius 3 is 2.00 bits per heavy atom. The predicted octanol–water partition coefficient (Wildman–Crippen LogP) is -1.48. The Kier molecular flexibility index (Phi) is 10.5. The minimum absolute atomic E-state index is 0. The van der Waals surface area contributed by atoms with Gasteiger partial charge in [-0.05, 0) is 32.9 Å². The molecule has 19 heavy (non-hydrogen) atoms. The Labute approximate surface area is 155 Å². The molecule has 0 bridgehead atoms. The van der Waals surface area contributed by atoms with Crippen LogP contribution in [0.4, 0.5) is 5.69 Å². The van der Waals surface area contributed by atoms with Crippen LogP contribution in [0.3, 0.4) is 0 Å². The van der Waals surface area contributed by atoms with Gasteiger partial charge < -0.3 is 11.4 Å². The quantitative estimate of drug-likeness (QED) is 0.390. The van der Waals surface area contributed by atoms with Crippen LogP contribution in [0.25, 0.3) is 0 Å². The van der Waals surface area contributed by atoms with Gasteiger partial charge in [0.15, 0.2) is 0 Å². The summed E-state index contributed by atoms with van der Waals surface area (Å²) < 4.78 is 0. The molecule has 0 aromatic heterocycles. The molecule has 1 aromatic rings. The van der Waals surface area contributed by atoms with Gasteiger partial charge in [0.05, 0.1) is 16.1 Å². The second-order valence-electron chi connectivity index (χ2n) is 4.38. The van der Waals surface area contributed by atoms with Crippen LogP contribution in [0.15, 0.2) is 24.3 Å². The van der Waals surface area contributed by atoms with Crippen LogP contribution < -0.4 is 57.3 Å². The minimum Gasteiger partial charge on any atom is -1.00 e. The predicted molar refractivity (Wildman–Crippen MR) is 65.8 cm³/mol. The Bertz CT molecular complexity index is 414. The average Bonchev–Trinajstić information content (AvgIpc) is 2.26. The molecule has 0 aliphatic heterocycles. The molecule has 0 spiro atoms. The molecule has 0 heterocycles. The minimum atomic E-state index is -0.727. The molecule has 0 saturated heterocycles. The van der Waals surface area contributed by atoms with Crippen LogP contribution in [0.5, 0.6) is 0 Å². The zero-order valence-corrected chi connectivity index (χ0v) is 14.5. The fraction of sp³-hybridized carbons (Fsp3) is 0.364. The van der Waals surface area contributed by atoms with E-state index in [9.17, 15) is 14.9 Å². The maximum absolute atomic E-state index is 10.8. The molecule has 102 valence electrons. The number of aliphatic hydroxyl groups is 1. The van der Waals surface area contributed by atoms with Gasteiger partial charge in [-0.15, -0.1) is 0 Å². The van der Waals surface area contributed by atoms with Crippen LogP contribution in [0, 0.1) is 10.1 Å². The Hall–Kier alpha value is -0.354. The standard InChI is InChI=1S/C7H6N2O4.C4H10O.K.H/c8-13-7(10)5-1-3-6(4-2-5)9(11)12;1-4(2,3)5;;/h1-4H,8H2;5H,1-3H3;;/q;;+1;-1. The number of non-ortho nitro benzene ring substituents is 1. The summed E-state index contributed by atoms with van der Waals surface area (Å²) in [6.45, 7) is 5.23. The van der Waals surface area contributed by atoms with Crippen molar-refractivity contribution < 1.29 is 72.5 Å². The largest absolute Gasteiger partial charge is 1.00 e. The Morgan fingerprint density at radius 1 is 1.37 bits per heavy atom. The van der Waals surface area contributed by atoms with Crippen molar-refractivity contribution in [3.05, 3.63) is 39.9 Å². The van der Waals surface area contributed by atoms with Gasteiger partial charge in [0.1, 0.15) is 0 Å². The Balaban J connectivity index is -0.000000361. The van der Waals surface area contributed by atoms with E-state index < -0.39 is 16.5 Å². The normalized spacial score (nSPS) is 9.53. The molecule has 0 atom stereocenters. The SMILES string of the molecule is CC(C)(C)O.NOC(=O)c1ccc([N+](=O)[O-])cc1.[H-].[K+]. The van der Waals surface area contributed by atoms with E-state index in [0.717, 1.165) is 0 Å². The molecule has 3 N–H and O–H groups in total. The third kappa shape index (κ3) is 11.2. The number of rotatable bonds is 2. The van der Waals surface area contributed by atoms with E-state index in [2.05, 4.69) is 10.7 Å². The van der Waals surface area contributed by atoms with Crippen molar-refractivity contribution in [3.63, 3.8) is 0 Å². The van der Waals surface area contributed by atoms with E-state index in [0.29, 0.717) is 0 Å². The fourth-order valence-electron chi connectivity index (χ4n) is 0.787. The van der Waals surface area contributed by atoms with Crippen molar-refractivity contribution in [2.24, 2.45) is 5.90 Å². The average molecular weight is 296 g/mol. The number of benzene rings is 1. The van der Waals surface area contributed by atoms with Crippen molar-refractivity contribution in [1.82, 2.24) is 0 Å². The van der Waals surface area contributed by atoms with Crippen LogP contribution >= 0.6 is 0 Å². The number of nitrogens with zero attached hydrogens (tertiary/aromatic N) is 1. The number of hydrogen-bond acceptors (Lipinski definition) is 6. The first-order chi connectivity index (χ1) is 8.15. The van der Waals surface area contributed by atoms with E-state index >= 15 is 0 Å². The van der Waals surface area contributed by atoms with E-state index in [4.69, 9.17) is 5.11 Å². The van der Waals surface area contributed by atoms with Crippen LogP contribution in [-0.4, -0.2) is 21.6 Å². The first kappa shape index (κ1) is 21.0. The van der Waals surface area contributed by atoms with E-state index in [1.807, 2.05) is 0 Å². The Morgan fingerprint density at radius 2 is 1.74 bits per heavy atom. The molecule has 1 rings (SSSR count). The van der Waals surface area contributed by atoms with Gasteiger partial charge >= 0.3 is 57.4 Å². The topological polar surface area (TPSA) is 116 Å². The van der Waals surface area contributed by atoms with Gasteiger partial charge in [0.2, 0.25) is 0 Å². The number of nitro benzene ring substituents is 1. The van der Waals surface area contributed by atoms with Gasteiger partial charge in [-0.3, -0.25) is 10.1 Å². The molecule has 0 amide bonds. The molecule has 1 aromatic carbocycles. The molecular weight excluding hydrogens is 279 g/mol. The molecule has 8 heteroatoms. The van der Waals surface area contributed by atoms with E-state index in [-0.39, 0.29) is 64.1 Å². The summed E-state index contributed by atoms with van der Waals surface area (Å²) >= 11 is 0. The molecule has 0 saturated carbocycles. The number of nitro groups is 1. The van der Waals surface area contributed by atoms with Gasteiger partial charge in [-0.1, -0.05) is 0 Å². The molecule has 0 radical (unpaired) electrons. The summed E-state index contributed by atoms with van der Waals surface area (Å²) in [5.41, 5.74) is -0.415. The summed E-state index contributed by atoms with van der Waals surface area (Å²) in [7, 11) is 0. The number of nitrogens with two attached hydrogens (primary N) is 1. The monoisotopic (exact) mass is 296 g/mol. The van der Waals surface area contributed by atoms with Gasteiger partial charge in [0, 0.05) is 12.1 Å². The number of carbonyl (C=O) groups excluding carboxylic acids is 1. The van der Waals surface area contributed by atoms with Gasteiger partial charge in [0.25, 0.3) is 5.69 Å². The van der Waals surface area contributed by atoms with Crippen LogP contribution in [0.1, 0.15) is 32.6 Å². The smallest absolute Gasteiger partial charge is 1.00 e. The molecular formula is C11H17KN2O5. The molecule has 7 nitrogen and oxygen atoms in total. The zero-order chi connectivity index (χ0) is 14.3. The maximum Gasteiger partial charge on any atom is 1.00 e. The molecule has 0 aliphatic rings. The first-order valence-electron chi connectivity index (χ1n) is 5.03. The summed E-state index contributed by atoms with van der Waals surface area (Å²) in [4.78, 5) is 24.4. The van der Waals surface area contributed by atoms with Gasteiger partial charge in [-0.25, -0.2) is 4.79 Å². The number of hydrogen-bond donors (Lipinski definition) is 2. The van der Waals surface area contributed by atoms with Crippen molar-refractivity contribution in [2.75, 3.05) is 0 Å². The van der Waals surface area contributed by atoms with E-state index in [1.165, 1.54) is 24.3 Å². The second-order valence-corrected chi connectivity index (χ2v) is 4.38. The molecule has 0 aliphatic carbocycles.